The van der Waals surface area contributed by atoms with E-state index in [1.54, 1.807) is 0 Å². The predicted molar refractivity (Wildman–Crippen MR) is 101 cm³/mol. The smallest absolute Gasteiger partial charge is 0.0720 e. The fraction of sp³-hybridized carbons (Fsp3) is 0.714. The van der Waals surface area contributed by atoms with Gasteiger partial charge in [0, 0.05) is 6.54 Å². The van der Waals surface area contributed by atoms with Crippen molar-refractivity contribution in [2.45, 2.75) is 85.5 Å². The van der Waals surface area contributed by atoms with Crippen molar-refractivity contribution in [1.82, 2.24) is 5.32 Å². The van der Waals surface area contributed by atoms with E-state index < -0.39 is 0 Å². The molecule has 2 nitrogen and oxygen atoms in total. The maximum atomic E-state index is 5.62. The van der Waals surface area contributed by atoms with E-state index in [1.165, 1.54) is 49.7 Å². The van der Waals surface area contributed by atoms with Gasteiger partial charge in [-0.2, -0.15) is 0 Å². The molecule has 1 aromatic carbocycles. The van der Waals surface area contributed by atoms with Gasteiger partial charge in [-0.1, -0.05) is 70.2 Å². The molecule has 0 saturated carbocycles. The van der Waals surface area contributed by atoms with E-state index in [2.05, 4.69) is 57.3 Å². The maximum Gasteiger partial charge on any atom is 0.0720 e. The Bertz CT molecular complexity index is 383. The number of rotatable bonds is 13. The predicted octanol–water partition coefficient (Wildman–Crippen LogP) is 5.70. The van der Waals surface area contributed by atoms with Crippen LogP contribution in [-0.4, -0.2) is 12.6 Å². The highest BCUT2D eigenvalue weighted by molar-refractivity contribution is 5.21. The summed E-state index contributed by atoms with van der Waals surface area (Å²) in [6, 6.07) is 8.76. The van der Waals surface area contributed by atoms with Gasteiger partial charge in [0.05, 0.1) is 12.7 Å². The minimum absolute atomic E-state index is 0.293. The molecule has 0 unspecified atom stereocenters. The van der Waals surface area contributed by atoms with Crippen LogP contribution >= 0.6 is 0 Å². The quantitative estimate of drug-likeness (QED) is 0.471. The highest BCUT2D eigenvalue weighted by Gasteiger charge is 1.98. The second kappa shape index (κ2) is 12.5. The van der Waals surface area contributed by atoms with E-state index in [9.17, 15) is 0 Å². The van der Waals surface area contributed by atoms with Gasteiger partial charge >= 0.3 is 0 Å². The van der Waals surface area contributed by atoms with Crippen molar-refractivity contribution in [3.05, 3.63) is 35.4 Å². The van der Waals surface area contributed by atoms with Crippen molar-refractivity contribution < 1.29 is 4.74 Å². The summed E-state index contributed by atoms with van der Waals surface area (Å²) >= 11 is 0. The molecule has 2 heteroatoms. The van der Waals surface area contributed by atoms with Crippen LogP contribution in [0.15, 0.2) is 24.3 Å². The SMILES string of the molecule is CC(C)CCCCCCCNCc1ccc(COC(C)C)cc1. The first-order chi connectivity index (χ1) is 11.1. The zero-order chi connectivity index (χ0) is 16.9. The molecule has 0 saturated heterocycles. The number of hydrogen-bond acceptors (Lipinski definition) is 2. The lowest BCUT2D eigenvalue weighted by Crippen LogP contribution is -2.14. The van der Waals surface area contributed by atoms with Gasteiger partial charge in [-0.15, -0.1) is 0 Å². The Morgan fingerprint density at radius 2 is 1.43 bits per heavy atom. The maximum absolute atomic E-state index is 5.62. The summed E-state index contributed by atoms with van der Waals surface area (Å²) in [7, 11) is 0. The Labute approximate surface area is 144 Å². The van der Waals surface area contributed by atoms with Crippen LogP contribution in [0.2, 0.25) is 0 Å². The Hall–Kier alpha value is -0.860. The van der Waals surface area contributed by atoms with E-state index in [-0.39, 0.29) is 0 Å². The van der Waals surface area contributed by atoms with Crippen molar-refractivity contribution >= 4 is 0 Å². The Morgan fingerprint density at radius 1 is 0.826 bits per heavy atom. The highest BCUT2D eigenvalue weighted by Crippen LogP contribution is 2.10. The summed E-state index contributed by atoms with van der Waals surface area (Å²) in [5.74, 6) is 0.861. The summed E-state index contributed by atoms with van der Waals surface area (Å²) in [4.78, 5) is 0. The van der Waals surface area contributed by atoms with Crippen LogP contribution in [0.4, 0.5) is 0 Å². The monoisotopic (exact) mass is 319 g/mol. The molecule has 0 spiro atoms. The topological polar surface area (TPSA) is 21.3 Å². The van der Waals surface area contributed by atoms with Crippen molar-refractivity contribution in [1.29, 1.82) is 0 Å². The van der Waals surface area contributed by atoms with Crippen LogP contribution in [0.5, 0.6) is 0 Å². The highest BCUT2D eigenvalue weighted by atomic mass is 16.5. The van der Waals surface area contributed by atoms with Gasteiger partial charge in [-0.05, 0) is 43.9 Å². The molecule has 0 bridgehead atoms. The molecule has 1 N–H and O–H groups in total. The largest absolute Gasteiger partial charge is 0.374 e. The number of ether oxygens (including phenoxy) is 1. The summed E-state index contributed by atoms with van der Waals surface area (Å²) in [5.41, 5.74) is 2.61. The van der Waals surface area contributed by atoms with Crippen LogP contribution in [0.1, 0.15) is 77.3 Å². The van der Waals surface area contributed by atoms with Gasteiger partial charge < -0.3 is 10.1 Å². The molecule has 0 aliphatic rings. The first-order valence-corrected chi connectivity index (χ1v) is 9.48. The Kier molecular flexibility index (Phi) is 11.0. The van der Waals surface area contributed by atoms with E-state index in [1.807, 2.05) is 0 Å². The van der Waals surface area contributed by atoms with E-state index >= 15 is 0 Å². The third kappa shape index (κ3) is 11.3. The van der Waals surface area contributed by atoms with Crippen molar-refractivity contribution in [3.63, 3.8) is 0 Å². The van der Waals surface area contributed by atoms with Crippen LogP contribution < -0.4 is 5.32 Å². The van der Waals surface area contributed by atoms with E-state index in [4.69, 9.17) is 4.74 Å². The third-order valence-corrected chi connectivity index (χ3v) is 4.07. The van der Waals surface area contributed by atoms with Crippen molar-refractivity contribution in [2.75, 3.05) is 6.54 Å². The van der Waals surface area contributed by atoms with Crippen molar-refractivity contribution in [2.24, 2.45) is 5.92 Å². The van der Waals surface area contributed by atoms with Crippen LogP contribution in [-0.2, 0) is 17.9 Å². The lowest BCUT2D eigenvalue weighted by molar-refractivity contribution is 0.0657. The Balaban J connectivity index is 2.01. The van der Waals surface area contributed by atoms with Gasteiger partial charge in [-0.25, -0.2) is 0 Å². The molecule has 0 atom stereocenters. The summed E-state index contributed by atoms with van der Waals surface area (Å²) in [5, 5.41) is 3.55. The molecule has 0 radical (unpaired) electrons. The summed E-state index contributed by atoms with van der Waals surface area (Å²) in [6.45, 7) is 11.6. The lowest BCUT2D eigenvalue weighted by Gasteiger charge is -2.09. The zero-order valence-electron chi connectivity index (χ0n) is 15.7. The van der Waals surface area contributed by atoms with Crippen molar-refractivity contribution in [3.8, 4) is 0 Å². The lowest BCUT2D eigenvalue weighted by atomic mass is 10.0. The number of unbranched alkanes of at least 4 members (excludes halogenated alkanes) is 4. The van der Waals surface area contributed by atoms with Crippen LogP contribution in [0.3, 0.4) is 0 Å². The minimum atomic E-state index is 0.293. The number of nitrogens with one attached hydrogen (secondary N) is 1. The zero-order valence-corrected chi connectivity index (χ0v) is 15.7. The van der Waals surface area contributed by atoms with E-state index in [0.29, 0.717) is 12.7 Å². The summed E-state index contributed by atoms with van der Waals surface area (Å²) in [6.07, 6.45) is 8.52. The summed E-state index contributed by atoms with van der Waals surface area (Å²) < 4.78 is 5.62. The average molecular weight is 320 g/mol. The molecule has 0 aliphatic carbocycles. The van der Waals surface area contributed by atoms with Gasteiger partial charge in [0.15, 0.2) is 0 Å². The molecule has 0 fully saturated rings. The van der Waals surface area contributed by atoms with Crippen LogP contribution in [0.25, 0.3) is 0 Å². The first kappa shape index (κ1) is 20.2. The normalized spacial score (nSPS) is 11.6. The van der Waals surface area contributed by atoms with Gasteiger partial charge in [-0.3, -0.25) is 0 Å². The standard InChI is InChI=1S/C21H37NO/c1-18(2)10-8-6-5-7-9-15-22-16-20-11-13-21(14-12-20)17-23-19(3)4/h11-14,18-19,22H,5-10,15-17H2,1-4H3. The minimum Gasteiger partial charge on any atom is -0.374 e. The second-order valence-corrected chi connectivity index (χ2v) is 7.30. The molecule has 1 aromatic rings. The van der Waals surface area contributed by atoms with Gasteiger partial charge in [0.1, 0.15) is 0 Å². The van der Waals surface area contributed by atoms with Crippen LogP contribution in [0, 0.1) is 5.92 Å². The fourth-order valence-electron chi connectivity index (χ4n) is 2.58. The number of benzene rings is 1. The molecular formula is C21H37NO. The first-order valence-electron chi connectivity index (χ1n) is 9.48. The third-order valence-electron chi connectivity index (χ3n) is 4.07. The number of hydrogen-bond donors (Lipinski definition) is 1. The van der Waals surface area contributed by atoms with Gasteiger partial charge in [0.2, 0.25) is 0 Å². The second-order valence-electron chi connectivity index (χ2n) is 7.30. The average Bonchev–Trinajstić information content (AvgIpc) is 2.52. The molecular weight excluding hydrogens is 282 g/mol. The molecule has 0 heterocycles. The fourth-order valence-corrected chi connectivity index (χ4v) is 2.58. The molecule has 0 aliphatic heterocycles. The molecule has 0 aromatic heterocycles. The molecule has 23 heavy (non-hydrogen) atoms. The van der Waals surface area contributed by atoms with Gasteiger partial charge in [0.25, 0.3) is 0 Å². The molecule has 0 amide bonds. The van der Waals surface area contributed by atoms with E-state index in [0.717, 1.165) is 19.0 Å². The molecule has 1 rings (SSSR count). The molecule has 132 valence electrons. The Morgan fingerprint density at radius 3 is 2.09 bits per heavy atom.